The van der Waals surface area contributed by atoms with Crippen LogP contribution in [0.1, 0.15) is 37.1 Å². The van der Waals surface area contributed by atoms with Gasteiger partial charge < -0.3 is 8.60 Å². The van der Waals surface area contributed by atoms with E-state index in [1.165, 1.54) is 0 Å². The van der Waals surface area contributed by atoms with Gasteiger partial charge in [-0.05, 0) is 42.9 Å². The fraction of sp³-hybridized carbons (Fsp3) is 0.450. The fourth-order valence-corrected chi connectivity index (χ4v) is 4.30. The Bertz CT molecular complexity index is 1390. The zero-order chi connectivity index (χ0) is 26.0. The van der Waals surface area contributed by atoms with Crippen LogP contribution in [-0.2, 0) is 36.2 Å². The second-order valence-corrected chi connectivity index (χ2v) is 10.4. The maximum Gasteiger partial charge on any atom is 0.534 e. The van der Waals surface area contributed by atoms with E-state index in [9.17, 15) is 34.8 Å². The highest BCUT2D eigenvalue weighted by atomic mass is 32.2. The van der Waals surface area contributed by atoms with Gasteiger partial charge in [0.15, 0.2) is 11.4 Å². The molecule has 0 bridgehead atoms. The van der Waals surface area contributed by atoms with Crippen molar-refractivity contribution in [2.45, 2.75) is 44.8 Å². The number of halogens is 6. The summed E-state index contributed by atoms with van der Waals surface area (Å²) in [5.41, 5.74) is -5.66. The van der Waals surface area contributed by atoms with Gasteiger partial charge in [0.1, 0.15) is 5.56 Å². The van der Waals surface area contributed by atoms with Crippen molar-refractivity contribution in [3.63, 3.8) is 0 Å². The van der Waals surface area contributed by atoms with Crippen LogP contribution in [0, 0.1) is 5.41 Å². The van der Waals surface area contributed by atoms with Gasteiger partial charge >= 0.3 is 21.8 Å². The van der Waals surface area contributed by atoms with Gasteiger partial charge in [-0.1, -0.05) is 13.8 Å². The van der Waals surface area contributed by atoms with Gasteiger partial charge in [-0.3, -0.25) is 4.68 Å². The molecule has 1 aliphatic carbocycles. The van der Waals surface area contributed by atoms with Crippen molar-refractivity contribution in [1.82, 2.24) is 20.0 Å². The van der Waals surface area contributed by atoms with E-state index in [2.05, 4.69) is 33.3 Å². The fourth-order valence-electron chi connectivity index (χ4n) is 3.82. The number of nitrogens with zero attached hydrogens (tertiary/aromatic N) is 4. The average Bonchev–Trinajstić information content (AvgIpc) is 3.31. The lowest BCUT2D eigenvalue weighted by molar-refractivity contribution is -0.138. The van der Waals surface area contributed by atoms with Crippen LogP contribution in [-0.4, -0.2) is 33.9 Å². The summed E-state index contributed by atoms with van der Waals surface area (Å²) in [4.78, 5) is 0. The normalized spacial score (nSPS) is 16.3. The summed E-state index contributed by atoms with van der Waals surface area (Å²) in [5.74, 6) is -1.95. The Morgan fingerprint density at radius 2 is 1.74 bits per heavy atom. The van der Waals surface area contributed by atoms with Gasteiger partial charge in [-0.25, -0.2) is 0 Å². The second kappa shape index (κ2) is 7.96. The largest absolute Gasteiger partial charge is 0.534 e. The highest BCUT2D eigenvalue weighted by Crippen LogP contribution is 2.42. The number of hydrogen-bond acceptors (Lipinski definition) is 7. The molecule has 0 fully saturated rings. The minimum Gasteiger partial charge on any atom is -0.415 e. The molecule has 0 aliphatic heterocycles. The van der Waals surface area contributed by atoms with E-state index >= 15 is 0 Å². The SMILES string of the molecule is Cn1nc(-c2nnc(-c3ccc(OS(=O)(=O)C(F)(F)F)c(C(F)(F)F)c3)o2)c2c1CC(C)(C)CC2. The number of aryl methyl sites for hydroxylation is 1. The highest BCUT2D eigenvalue weighted by Gasteiger charge is 2.50. The first-order chi connectivity index (χ1) is 16.0. The van der Waals surface area contributed by atoms with Crippen LogP contribution >= 0.6 is 0 Å². The van der Waals surface area contributed by atoms with Crippen molar-refractivity contribution in [2.24, 2.45) is 12.5 Å². The van der Waals surface area contributed by atoms with Crippen molar-refractivity contribution in [3.05, 3.63) is 35.0 Å². The molecule has 0 atom stereocenters. The summed E-state index contributed by atoms with van der Waals surface area (Å²) in [6.07, 6.45) is -2.94. The Kier molecular flexibility index (Phi) is 5.69. The molecule has 0 amide bonds. The van der Waals surface area contributed by atoms with Crippen molar-refractivity contribution in [2.75, 3.05) is 0 Å². The first-order valence-corrected chi connectivity index (χ1v) is 11.5. The molecule has 15 heteroatoms. The molecule has 1 aromatic carbocycles. The number of benzene rings is 1. The lowest BCUT2D eigenvalue weighted by Crippen LogP contribution is -2.28. The molecule has 1 aliphatic rings. The Morgan fingerprint density at radius 1 is 1.09 bits per heavy atom. The topological polar surface area (TPSA) is 100 Å². The number of hydrogen-bond donors (Lipinski definition) is 0. The van der Waals surface area contributed by atoms with Gasteiger partial charge in [-0.2, -0.15) is 39.9 Å². The Labute approximate surface area is 195 Å². The Balaban J connectivity index is 1.71. The first kappa shape index (κ1) is 25.0. The van der Waals surface area contributed by atoms with Crippen LogP contribution in [0.4, 0.5) is 26.3 Å². The Hall–Kier alpha value is -3.10. The van der Waals surface area contributed by atoms with Crippen LogP contribution in [0.2, 0.25) is 0 Å². The summed E-state index contributed by atoms with van der Waals surface area (Å²) in [7, 11) is -4.57. The standard InChI is InChI=1S/C20H18F6N4O4S/c1-18(2)7-6-11-13(9-18)30(3)29-15(11)17-28-27-16(33-17)10-4-5-14(12(8-10)19(21,22)23)34-35(31,32)20(24,25)26/h4-5,8H,6-7,9H2,1-3H3. The van der Waals surface area contributed by atoms with Gasteiger partial charge in [0, 0.05) is 23.9 Å². The molecule has 0 radical (unpaired) electrons. The van der Waals surface area contributed by atoms with E-state index in [1.54, 1.807) is 11.7 Å². The van der Waals surface area contributed by atoms with Crippen molar-refractivity contribution < 1.29 is 43.4 Å². The third-order valence-corrected chi connectivity index (χ3v) is 6.58. The van der Waals surface area contributed by atoms with Crippen LogP contribution in [0.25, 0.3) is 23.0 Å². The van der Waals surface area contributed by atoms with Crippen LogP contribution in [0.5, 0.6) is 5.75 Å². The summed E-state index contributed by atoms with van der Waals surface area (Å²) in [6.45, 7) is 4.25. The molecule has 0 saturated heterocycles. The summed E-state index contributed by atoms with van der Waals surface area (Å²) < 4.78 is 112. The molecule has 35 heavy (non-hydrogen) atoms. The number of rotatable bonds is 4. The lowest BCUT2D eigenvalue weighted by atomic mass is 9.76. The van der Waals surface area contributed by atoms with E-state index in [0.29, 0.717) is 24.2 Å². The van der Waals surface area contributed by atoms with Crippen molar-refractivity contribution in [1.29, 1.82) is 0 Å². The summed E-state index contributed by atoms with van der Waals surface area (Å²) in [6, 6.07) is 1.69. The average molecular weight is 524 g/mol. The Morgan fingerprint density at radius 3 is 2.37 bits per heavy atom. The summed E-state index contributed by atoms with van der Waals surface area (Å²) in [5, 5.41) is 12.0. The van der Waals surface area contributed by atoms with Crippen molar-refractivity contribution >= 4 is 10.1 Å². The zero-order valence-corrected chi connectivity index (χ0v) is 19.3. The van der Waals surface area contributed by atoms with Crippen LogP contribution in [0.3, 0.4) is 0 Å². The minimum atomic E-state index is -6.32. The predicted octanol–water partition coefficient (Wildman–Crippen LogP) is 4.90. The molecule has 0 spiro atoms. The van der Waals surface area contributed by atoms with E-state index in [1.807, 2.05) is 0 Å². The molecule has 0 unspecified atom stereocenters. The van der Waals surface area contributed by atoms with E-state index in [0.717, 1.165) is 30.2 Å². The van der Waals surface area contributed by atoms with Gasteiger partial charge in [-0.15, -0.1) is 10.2 Å². The summed E-state index contributed by atoms with van der Waals surface area (Å²) >= 11 is 0. The molecule has 0 N–H and O–H groups in total. The quantitative estimate of drug-likeness (QED) is 0.272. The van der Waals surface area contributed by atoms with Crippen LogP contribution < -0.4 is 4.18 Å². The lowest BCUT2D eigenvalue weighted by Gasteiger charge is -2.29. The predicted molar refractivity (Wildman–Crippen MR) is 108 cm³/mol. The second-order valence-electron chi connectivity index (χ2n) is 8.84. The molecule has 190 valence electrons. The minimum absolute atomic E-state index is 0.0370. The third-order valence-electron chi connectivity index (χ3n) is 5.62. The molecule has 3 aromatic rings. The monoisotopic (exact) mass is 524 g/mol. The van der Waals surface area contributed by atoms with E-state index in [4.69, 9.17) is 4.42 Å². The molecule has 4 rings (SSSR count). The molecule has 0 saturated carbocycles. The van der Waals surface area contributed by atoms with E-state index in [-0.39, 0.29) is 22.8 Å². The third kappa shape index (κ3) is 4.73. The number of fused-ring (bicyclic) bond motifs is 1. The maximum absolute atomic E-state index is 13.5. The molecule has 8 nitrogen and oxygen atoms in total. The number of alkyl halides is 6. The van der Waals surface area contributed by atoms with E-state index < -0.39 is 33.1 Å². The molecule has 2 heterocycles. The number of aromatic nitrogens is 4. The maximum atomic E-state index is 13.5. The van der Waals surface area contributed by atoms with Crippen molar-refractivity contribution in [3.8, 4) is 28.8 Å². The first-order valence-electron chi connectivity index (χ1n) is 10.1. The highest BCUT2D eigenvalue weighted by molar-refractivity contribution is 7.88. The molecule has 2 aromatic heterocycles. The molecular weight excluding hydrogens is 506 g/mol. The van der Waals surface area contributed by atoms with Gasteiger partial charge in [0.2, 0.25) is 5.89 Å². The smallest absolute Gasteiger partial charge is 0.415 e. The van der Waals surface area contributed by atoms with Gasteiger partial charge in [0.25, 0.3) is 5.89 Å². The molecular formula is C20H18F6N4O4S. The van der Waals surface area contributed by atoms with Gasteiger partial charge in [0.05, 0.1) is 0 Å². The van der Waals surface area contributed by atoms with Crippen LogP contribution in [0.15, 0.2) is 22.6 Å². The zero-order valence-electron chi connectivity index (χ0n) is 18.5.